The van der Waals surface area contributed by atoms with Crippen LogP contribution in [0.5, 0.6) is 0 Å². The normalized spacial score (nSPS) is 45.8. The van der Waals surface area contributed by atoms with E-state index < -0.39 is 16.6 Å². The zero-order chi connectivity index (χ0) is 25.1. The van der Waals surface area contributed by atoms with E-state index in [9.17, 15) is 15.0 Å². The monoisotopic (exact) mass is 472 g/mol. The predicted octanol–water partition coefficient (Wildman–Crippen LogP) is 6.21. The zero-order valence-corrected chi connectivity index (χ0v) is 22.6. The molecule has 0 heterocycles. The molecule has 0 amide bonds. The lowest BCUT2D eigenvalue weighted by Crippen LogP contribution is -2.65. The minimum absolute atomic E-state index is 0.0732. The van der Waals surface area contributed by atoms with E-state index >= 15 is 0 Å². The van der Waals surface area contributed by atoms with Gasteiger partial charge in [0.1, 0.15) is 6.10 Å². The third-order valence-corrected chi connectivity index (χ3v) is 11.0. The highest BCUT2D eigenvalue weighted by Gasteiger charge is 2.67. The highest BCUT2D eigenvalue weighted by Crippen LogP contribution is 2.68. The van der Waals surface area contributed by atoms with Gasteiger partial charge in [0.2, 0.25) is 0 Å². The molecular formula is C30H48O4. The lowest BCUT2D eigenvalue weighted by molar-refractivity contribution is -0.195. The second kappa shape index (κ2) is 8.76. The van der Waals surface area contributed by atoms with Crippen molar-refractivity contribution in [2.75, 3.05) is 0 Å². The van der Waals surface area contributed by atoms with Crippen LogP contribution in [-0.4, -0.2) is 33.5 Å². The second-order valence-electron chi connectivity index (χ2n) is 13.2. The molecular weight excluding hydrogens is 424 g/mol. The summed E-state index contributed by atoms with van der Waals surface area (Å²) in [5.41, 5.74) is -1.09. The molecule has 4 heteroatoms. The molecule has 0 saturated heterocycles. The van der Waals surface area contributed by atoms with E-state index in [-0.39, 0.29) is 23.4 Å². The fourth-order valence-electron chi connectivity index (χ4n) is 8.49. The standard InChI is InChI=1S/C30H48O4/c1-19(2)20(3)8-9-21(4)24-10-11-25-27(24,6)14-13-26-28(7)15-12-23(34-22(5)31)18-29(28,32)16-17-30(25,26)33/h8-9,13,19-21,23-25,32-33H,10-12,14-18H2,1-7H3/b9-8+/t20-,21+,23+,24-,25-,27+,28+,29-,30-/m0/s1. The fourth-order valence-corrected chi connectivity index (χ4v) is 8.49. The molecule has 0 aliphatic heterocycles. The van der Waals surface area contributed by atoms with Crippen LogP contribution >= 0.6 is 0 Å². The fraction of sp³-hybridized carbons (Fsp3) is 0.833. The topological polar surface area (TPSA) is 66.8 Å². The van der Waals surface area contributed by atoms with Crippen molar-refractivity contribution < 1.29 is 19.7 Å². The number of rotatable bonds is 5. The maximum atomic E-state index is 12.4. The van der Waals surface area contributed by atoms with E-state index in [1.54, 1.807) is 0 Å². The summed E-state index contributed by atoms with van der Waals surface area (Å²) < 4.78 is 5.50. The van der Waals surface area contributed by atoms with Crippen LogP contribution in [0.25, 0.3) is 0 Å². The smallest absolute Gasteiger partial charge is 0.302 e. The van der Waals surface area contributed by atoms with Crippen molar-refractivity contribution in [2.45, 2.75) is 117 Å². The van der Waals surface area contributed by atoms with Gasteiger partial charge in [-0.05, 0) is 85.5 Å². The maximum absolute atomic E-state index is 12.4. The van der Waals surface area contributed by atoms with Gasteiger partial charge in [-0.25, -0.2) is 0 Å². The highest BCUT2D eigenvalue weighted by atomic mass is 16.5. The van der Waals surface area contributed by atoms with Gasteiger partial charge in [-0.3, -0.25) is 4.79 Å². The Balaban J connectivity index is 1.61. The summed E-state index contributed by atoms with van der Waals surface area (Å²) in [5, 5.41) is 24.2. The lowest BCUT2D eigenvalue weighted by atomic mass is 9.45. The van der Waals surface area contributed by atoms with Crippen molar-refractivity contribution in [3.63, 3.8) is 0 Å². The van der Waals surface area contributed by atoms with Crippen molar-refractivity contribution in [3.05, 3.63) is 23.8 Å². The molecule has 3 fully saturated rings. The molecule has 0 unspecified atom stereocenters. The van der Waals surface area contributed by atoms with Gasteiger partial charge in [-0.2, -0.15) is 0 Å². The Hall–Kier alpha value is -1.13. The third kappa shape index (κ3) is 3.92. The number of fused-ring (bicyclic) bond motifs is 5. The van der Waals surface area contributed by atoms with Crippen LogP contribution in [0.3, 0.4) is 0 Å². The predicted molar refractivity (Wildman–Crippen MR) is 136 cm³/mol. The van der Waals surface area contributed by atoms with Gasteiger partial charge >= 0.3 is 5.97 Å². The Labute approximate surface area is 207 Å². The Morgan fingerprint density at radius 1 is 1.06 bits per heavy atom. The van der Waals surface area contributed by atoms with Crippen LogP contribution < -0.4 is 0 Å². The van der Waals surface area contributed by atoms with Gasteiger partial charge in [-0.1, -0.05) is 59.8 Å². The molecule has 4 rings (SSSR count). The summed E-state index contributed by atoms with van der Waals surface area (Å²) in [6, 6.07) is 0. The van der Waals surface area contributed by atoms with Crippen LogP contribution in [0.1, 0.15) is 99.8 Å². The van der Waals surface area contributed by atoms with E-state index in [1.807, 2.05) is 0 Å². The average molecular weight is 473 g/mol. The molecule has 0 aromatic carbocycles. The summed E-state index contributed by atoms with van der Waals surface area (Å²) >= 11 is 0. The third-order valence-electron chi connectivity index (χ3n) is 11.0. The molecule has 0 bridgehead atoms. The van der Waals surface area contributed by atoms with Crippen LogP contribution in [0.2, 0.25) is 0 Å². The first-order valence-corrected chi connectivity index (χ1v) is 13.8. The molecule has 2 N–H and O–H groups in total. The summed E-state index contributed by atoms with van der Waals surface area (Å²) in [5.74, 6) is 2.23. The van der Waals surface area contributed by atoms with Crippen LogP contribution in [0.4, 0.5) is 0 Å². The van der Waals surface area contributed by atoms with Crippen molar-refractivity contribution in [3.8, 4) is 0 Å². The minimum atomic E-state index is -0.932. The Morgan fingerprint density at radius 2 is 1.76 bits per heavy atom. The molecule has 4 nitrogen and oxygen atoms in total. The number of carbonyl (C=O) groups excluding carboxylic acids is 1. The lowest BCUT2D eigenvalue weighted by Gasteiger charge is -2.63. The van der Waals surface area contributed by atoms with Crippen LogP contribution in [0, 0.1) is 40.4 Å². The number of aliphatic hydroxyl groups is 2. The van der Waals surface area contributed by atoms with Gasteiger partial charge in [0, 0.05) is 18.8 Å². The maximum Gasteiger partial charge on any atom is 0.302 e. The molecule has 0 aromatic heterocycles. The molecule has 4 aliphatic carbocycles. The van der Waals surface area contributed by atoms with E-state index in [4.69, 9.17) is 4.74 Å². The molecule has 0 aromatic rings. The molecule has 3 saturated carbocycles. The first kappa shape index (κ1) is 25.9. The SMILES string of the molecule is CC(=O)O[C@@H]1CC[C@]2(C)C3=CC[C@]4(C)[C@H]([C@H](C)/C=C/[C@H](C)C(C)C)CC[C@@H]4[C@@]3(O)CC[C@]2(O)C1. The van der Waals surface area contributed by atoms with Gasteiger partial charge in [-0.15, -0.1) is 0 Å². The summed E-state index contributed by atoms with van der Waals surface area (Å²) in [4.78, 5) is 11.5. The molecule has 0 radical (unpaired) electrons. The molecule has 4 aliphatic rings. The Kier molecular flexibility index (Phi) is 6.69. The van der Waals surface area contributed by atoms with E-state index in [1.165, 1.54) is 6.92 Å². The summed E-state index contributed by atoms with van der Waals surface area (Å²) in [7, 11) is 0. The number of ether oxygens (including phenoxy) is 1. The largest absolute Gasteiger partial charge is 0.462 e. The van der Waals surface area contributed by atoms with Crippen molar-refractivity contribution in [1.29, 1.82) is 0 Å². The van der Waals surface area contributed by atoms with Gasteiger partial charge < -0.3 is 14.9 Å². The summed E-state index contributed by atoms with van der Waals surface area (Å²) in [6.45, 7) is 15.2. The first-order valence-electron chi connectivity index (χ1n) is 13.8. The Bertz CT molecular complexity index is 860. The van der Waals surface area contributed by atoms with E-state index in [2.05, 4.69) is 59.8 Å². The number of hydrogen-bond donors (Lipinski definition) is 2. The first-order chi connectivity index (χ1) is 15.8. The Morgan fingerprint density at radius 3 is 2.41 bits per heavy atom. The molecule has 0 spiro atoms. The average Bonchev–Trinajstić information content (AvgIpc) is 3.11. The number of esters is 1. The zero-order valence-electron chi connectivity index (χ0n) is 22.6. The van der Waals surface area contributed by atoms with Crippen LogP contribution in [-0.2, 0) is 9.53 Å². The van der Waals surface area contributed by atoms with Gasteiger partial charge in [0.05, 0.1) is 11.2 Å². The number of hydrogen-bond acceptors (Lipinski definition) is 4. The van der Waals surface area contributed by atoms with Gasteiger partial charge in [0.25, 0.3) is 0 Å². The highest BCUT2D eigenvalue weighted by molar-refractivity contribution is 5.66. The van der Waals surface area contributed by atoms with E-state index in [0.29, 0.717) is 42.9 Å². The molecule has 34 heavy (non-hydrogen) atoms. The number of carbonyl (C=O) groups is 1. The van der Waals surface area contributed by atoms with E-state index in [0.717, 1.165) is 37.7 Å². The van der Waals surface area contributed by atoms with Crippen molar-refractivity contribution in [1.82, 2.24) is 0 Å². The van der Waals surface area contributed by atoms with Crippen molar-refractivity contribution in [2.24, 2.45) is 40.4 Å². The summed E-state index contributed by atoms with van der Waals surface area (Å²) in [6.07, 6.45) is 13.2. The minimum Gasteiger partial charge on any atom is -0.462 e. The van der Waals surface area contributed by atoms with Gasteiger partial charge in [0.15, 0.2) is 0 Å². The molecule has 9 atom stereocenters. The molecule has 192 valence electrons. The van der Waals surface area contributed by atoms with Crippen LogP contribution in [0.15, 0.2) is 23.8 Å². The quantitative estimate of drug-likeness (QED) is 0.369. The number of allylic oxidation sites excluding steroid dienone is 3. The second-order valence-corrected chi connectivity index (χ2v) is 13.2. The van der Waals surface area contributed by atoms with Crippen molar-refractivity contribution >= 4 is 5.97 Å².